The van der Waals surface area contributed by atoms with Crippen LogP contribution in [0.2, 0.25) is 0 Å². The van der Waals surface area contributed by atoms with Gasteiger partial charge in [0, 0.05) is 30.5 Å². The zero-order valence-corrected chi connectivity index (χ0v) is 16.5. The van der Waals surface area contributed by atoms with Crippen LogP contribution < -0.4 is 9.64 Å². The Balaban J connectivity index is 1.59. The lowest BCUT2D eigenvalue weighted by atomic mass is 9.91. The number of carbonyl (C=O) groups excluding carboxylic acids is 1. The number of methoxy groups -OCH3 is 1. The first-order valence-electron chi connectivity index (χ1n) is 9.50. The van der Waals surface area contributed by atoms with Gasteiger partial charge in [0.2, 0.25) is 0 Å². The largest absolute Gasteiger partial charge is 0.497 e. The predicted molar refractivity (Wildman–Crippen MR) is 111 cm³/mol. The van der Waals surface area contributed by atoms with Gasteiger partial charge < -0.3 is 14.7 Å². The van der Waals surface area contributed by atoms with Crippen molar-refractivity contribution in [1.82, 2.24) is 15.1 Å². The fraction of sp³-hybridized carbons (Fsp3) is 0.273. The quantitative estimate of drug-likeness (QED) is 0.675. The topological polar surface area (TPSA) is 81.7 Å². The highest BCUT2D eigenvalue weighted by Gasteiger charge is 2.42. The molecule has 1 aromatic heterocycles. The first-order chi connectivity index (χ1) is 14.1. The van der Waals surface area contributed by atoms with E-state index in [9.17, 15) is 9.90 Å². The van der Waals surface area contributed by atoms with Crippen LogP contribution in [0.25, 0.3) is 11.1 Å². The van der Waals surface area contributed by atoms with Crippen molar-refractivity contribution >= 4 is 11.7 Å². The van der Waals surface area contributed by atoms with Crippen molar-refractivity contribution in [3.05, 3.63) is 66.5 Å². The fourth-order valence-electron chi connectivity index (χ4n) is 3.77. The molecular formula is C22H24N4O3. The molecule has 1 atom stereocenters. The Morgan fingerprint density at radius 2 is 1.97 bits per heavy atom. The summed E-state index contributed by atoms with van der Waals surface area (Å²) in [5.41, 5.74) is 2.86. The average molecular weight is 392 g/mol. The molecular weight excluding hydrogens is 368 g/mol. The molecule has 2 amide bonds. The zero-order valence-electron chi connectivity index (χ0n) is 16.5. The van der Waals surface area contributed by atoms with Gasteiger partial charge in [-0.05, 0) is 42.3 Å². The van der Waals surface area contributed by atoms with Gasteiger partial charge in [-0.3, -0.25) is 10.00 Å². The van der Waals surface area contributed by atoms with Gasteiger partial charge in [-0.15, -0.1) is 0 Å². The third-order valence-corrected chi connectivity index (χ3v) is 5.61. The maximum Gasteiger partial charge on any atom is 0.325 e. The van der Waals surface area contributed by atoms with Crippen LogP contribution in [0.3, 0.4) is 0 Å². The Kier molecular flexibility index (Phi) is 4.98. The number of urea groups is 1. The van der Waals surface area contributed by atoms with E-state index in [1.807, 2.05) is 61.7 Å². The molecule has 1 aliphatic rings. The maximum atomic E-state index is 13.2. The van der Waals surface area contributed by atoms with Crippen molar-refractivity contribution in [2.45, 2.75) is 12.5 Å². The van der Waals surface area contributed by atoms with Gasteiger partial charge in [0.05, 0.1) is 25.5 Å². The van der Waals surface area contributed by atoms with Gasteiger partial charge in [-0.25, -0.2) is 4.79 Å². The molecule has 0 spiro atoms. The molecule has 3 aromatic rings. The van der Waals surface area contributed by atoms with Crippen molar-refractivity contribution < 1.29 is 14.6 Å². The van der Waals surface area contributed by atoms with E-state index in [2.05, 4.69) is 10.2 Å². The van der Waals surface area contributed by atoms with Crippen LogP contribution in [0.15, 0.2) is 60.9 Å². The summed E-state index contributed by atoms with van der Waals surface area (Å²) in [6.45, 7) is 2.78. The minimum atomic E-state index is -0.836. The van der Waals surface area contributed by atoms with Crippen molar-refractivity contribution in [3.63, 3.8) is 0 Å². The molecule has 4 rings (SSSR count). The minimum absolute atomic E-state index is 0.125. The van der Waals surface area contributed by atoms with Crippen LogP contribution in [0.1, 0.15) is 12.5 Å². The normalized spacial score (nSPS) is 16.2. The van der Waals surface area contributed by atoms with E-state index < -0.39 is 5.54 Å². The Hall–Kier alpha value is -3.32. The molecule has 2 heterocycles. The molecule has 7 heteroatoms. The van der Waals surface area contributed by atoms with Crippen LogP contribution >= 0.6 is 0 Å². The molecule has 0 bridgehead atoms. The number of hydrogen-bond donors (Lipinski definition) is 2. The molecule has 0 saturated carbocycles. The summed E-state index contributed by atoms with van der Waals surface area (Å²) >= 11 is 0. The van der Waals surface area contributed by atoms with Crippen molar-refractivity contribution in [1.29, 1.82) is 0 Å². The van der Waals surface area contributed by atoms with Gasteiger partial charge in [0.25, 0.3) is 0 Å². The highest BCUT2D eigenvalue weighted by molar-refractivity contribution is 5.95. The number of aromatic amines is 1. The predicted octanol–water partition coefficient (Wildman–Crippen LogP) is 3.24. The van der Waals surface area contributed by atoms with Gasteiger partial charge in [0.15, 0.2) is 0 Å². The second-order valence-electron chi connectivity index (χ2n) is 7.28. The SMILES string of the molecule is COc1cccc(C(C)(CO)N2CCN(c3ccc(-c4cn[nH]c4)cc3)C2=O)c1. The van der Waals surface area contributed by atoms with Gasteiger partial charge in [0.1, 0.15) is 5.75 Å². The van der Waals surface area contributed by atoms with Crippen LogP contribution in [-0.2, 0) is 5.54 Å². The van der Waals surface area contributed by atoms with E-state index in [0.717, 1.165) is 22.4 Å². The molecule has 1 aliphatic heterocycles. The summed E-state index contributed by atoms with van der Waals surface area (Å²) in [7, 11) is 1.60. The van der Waals surface area contributed by atoms with Crippen molar-refractivity contribution in [3.8, 4) is 16.9 Å². The van der Waals surface area contributed by atoms with Crippen LogP contribution in [0.4, 0.5) is 10.5 Å². The number of nitrogens with one attached hydrogen (secondary N) is 1. The summed E-state index contributed by atoms with van der Waals surface area (Å²) in [5, 5.41) is 17.0. The van der Waals surface area contributed by atoms with E-state index >= 15 is 0 Å². The second-order valence-corrected chi connectivity index (χ2v) is 7.28. The highest BCUT2D eigenvalue weighted by Crippen LogP contribution is 2.35. The smallest absolute Gasteiger partial charge is 0.325 e. The number of benzene rings is 2. The maximum absolute atomic E-state index is 13.2. The van der Waals surface area contributed by atoms with Crippen molar-refractivity contribution in [2.24, 2.45) is 0 Å². The minimum Gasteiger partial charge on any atom is -0.497 e. The van der Waals surface area contributed by atoms with E-state index in [1.54, 1.807) is 23.1 Å². The Labute approximate surface area is 169 Å². The molecule has 7 nitrogen and oxygen atoms in total. The molecule has 0 aliphatic carbocycles. The number of rotatable bonds is 6. The lowest BCUT2D eigenvalue weighted by Crippen LogP contribution is -2.49. The number of carbonyl (C=O) groups is 1. The summed E-state index contributed by atoms with van der Waals surface area (Å²) in [5.74, 6) is 0.695. The fourth-order valence-corrected chi connectivity index (χ4v) is 3.77. The van der Waals surface area contributed by atoms with Gasteiger partial charge in [-0.1, -0.05) is 24.3 Å². The molecule has 2 aromatic carbocycles. The molecule has 150 valence electrons. The Morgan fingerprint density at radius 3 is 2.62 bits per heavy atom. The van der Waals surface area contributed by atoms with Gasteiger partial charge in [-0.2, -0.15) is 5.10 Å². The molecule has 2 N–H and O–H groups in total. The molecule has 1 unspecified atom stereocenters. The molecule has 29 heavy (non-hydrogen) atoms. The first kappa shape index (κ1) is 19.0. The lowest BCUT2D eigenvalue weighted by molar-refractivity contribution is 0.0821. The van der Waals surface area contributed by atoms with E-state index in [4.69, 9.17) is 4.74 Å². The van der Waals surface area contributed by atoms with Crippen LogP contribution in [0, 0.1) is 0 Å². The monoisotopic (exact) mass is 392 g/mol. The molecule has 1 saturated heterocycles. The molecule has 1 fully saturated rings. The van der Waals surface area contributed by atoms with Crippen molar-refractivity contribution in [2.75, 3.05) is 31.7 Å². The highest BCUT2D eigenvalue weighted by atomic mass is 16.5. The second kappa shape index (κ2) is 7.60. The third kappa shape index (κ3) is 3.34. The summed E-state index contributed by atoms with van der Waals surface area (Å²) in [6, 6.07) is 15.2. The number of nitrogens with zero attached hydrogens (tertiary/aromatic N) is 3. The first-order valence-corrected chi connectivity index (χ1v) is 9.50. The number of ether oxygens (including phenoxy) is 1. The summed E-state index contributed by atoms with van der Waals surface area (Å²) in [6.07, 6.45) is 3.59. The number of aromatic nitrogens is 2. The van der Waals surface area contributed by atoms with Crippen LogP contribution in [0.5, 0.6) is 5.75 Å². The Morgan fingerprint density at radius 1 is 1.17 bits per heavy atom. The van der Waals surface area contributed by atoms with Gasteiger partial charge >= 0.3 is 6.03 Å². The van der Waals surface area contributed by atoms with E-state index in [1.165, 1.54) is 0 Å². The number of H-pyrrole nitrogens is 1. The van der Waals surface area contributed by atoms with E-state index in [0.29, 0.717) is 18.8 Å². The molecule has 0 radical (unpaired) electrons. The standard InChI is InChI=1S/C22H24N4O3/c1-22(15-27,18-4-3-5-20(12-18)29-2)26-11-10-25(21(26)28)19-8-6-16(7-9-19)17-13-23-24-14-17/h3-9,12-14,27H,10-11,15H2,1-2H3,(H,23,24). The number of amides is 2. The average Bonchev–Trinajstić information content (AvgIpc) is 3.44. The van der Waals surface area contributed by atoms with Crippen LogP contribution in [-0.4, -0.2) is 53.0 Å². The number of aliphatic hydroxyl groups is 1. The lowest BCUT2D eigenvalue weighted by Gasteiger charge is -2.37. The number of aliphatic hydroxyl groups excluding tert-OH is 1. The third-order valence-electron chi connectivity index (χ3n) is 5.61. The Bertz CT molecular complexity index is 988. The number of anilines is 1. The zero-order chi connectivity index (χ0) is 20.4. The van der Waals surface area contributed by atoms with E-state index in [-0.39, 0.29) is 12.6 Å². The summed E-state index contributed by atoms with van der Waals surface area (Å²) < 4.78 is 5.31. The summed E-state index contributed by atoms with van der Waals surface area (Å²) in [4.78, 5) is 16.7. The number of hydrogen-bond acceptors (Lipinski definition) is 4.